The van der Waals surface area contributed by atoms with Crippen molar-refractivity contribution in [3.63, 3.8) is 0 Å². The molecule has 1 aromatic carbocycles. The van der Waals surface area contributed by atoms with E-state index < -0.39 is 0 Å². The number of rotatable bonds is 12. The van der Waals surface area contributed by atoms with Gasteiger partial charge in [-0.05, 0) is 93.1 Å². The van der Waals surface area contributed by atoms with Gasteiger partial charge in [0.25, 0.3) is 0 Å². The summed E-state index contributed by atoms with van der Waals surface area (Å²) >= 11 is 5.15. The minimum atomic E-state index is 0.855. The van der Waals surface area contributed by atoms with Gasteiger partial charge in [0, 0.05) is 7.14 Å². The van der Waals surface area contributed by atoms with Crippen LogP contribution in [0, 0.1) is 19.0 Å². The molecule has 0 aliphatic heterocycles. The van der Waals surface area contributed by atoms with Gasteiger partial charge in [0.15, 0.2) is 0 Å². The van der Waals surface area contributed by atoms with E-state index in [-0.39, 0.29) is 0 Å². The average molecular weight is 554 g/mol. The van der Waals surface area contributed by atoms with Gasteiger partial charge in [-0.25, -0.2) is 0 Å². The molecule has 0 aromatic heterocycles. The van der Waals surface area contributed by atoms with E-state index in [9.17, 15) is 0 Å². The topological polar surface area (TPSA) is 0 Å². The lowest BCUT2D eigenvalue weighted by Gasteiger charge is -2.19. The van der Waals surface area contributed by atoms with E-state index in [2.05, 4.69) is 85.0 Å². The molecule has 2 atom stereocenters. The third-order valence-electron chi connectivity index (χ3n) is 5.32. The Bertz CT molecular complexity index is 424. The summed E-state index contributed by atoms with van der Waals surface area (Å²) in [5.41, 5.74) is 3.15. The second-order valence-electron chi connectivity index (χ2n) is 7.28. The van der Waals surface area contributed by atoms with Crippen molar-refractivity contribution in [2.24, 2.45) is 11.8 Å². The standard InChI is InChI=1S/C22H36I2/c1-5-9-11-17(7-3)13-19-15-22(24)20(16-21(19)23)14-18(8-4)12-10-6-2/h15-18H,5-14H2,1-4H3. The van der Waals surface area contributed by atoms with Gasteiger partial charge >= 0.3 is 0 Å². The predicted octanol–water partition coefficient (Wildman–Crippen LogP) is 8.41. The molecule has 24 heavy (non-hydrogen) atoms. The summed E-state index contributed by atoms with van der Waals surface area (Å²) in [7, 11) is 0. The van der Waals surface area contributed by atoms with E-state index in [1.54, 1.807) is 11.1 Å². The zero-order valence-electron chi connectivity index (χ0n) is 16.1. The molecule has 0 spiro atoms. The fourth-order valence-electron chi connectivity index (χ4n) is 3.45. The second kappa shape index (κ2) is 12.9. The van der Waals surface area contributed by atoms with Crippen molar-refractivity contribution in [3.05, 3.63) is 30.4 Å². The summed E-state index contributed by atoms with van der Waals surface area (Å²) in [5, 5.41) is 0. The van der Waals surface area contributed by atoms with Gasteiger partial charge in [-0.15, -0.1) is 0 Å². The average Bonchev–Trinajstić information content (AvgIpc) is 2.58. The molecule has 2 heteroatoms. The molecule has 0 saturated carbocycles. The fourth-order valence-corrected chi connectivity index (χ4v) is 4.95. The zero-order valence-corrected chi connectivity index (χ0v) is 20.5. The molecule has 0 bridgehead atoms. The third kappa shape index (κ3) is 7.92. The molecule has 0 saturated heterocycles. The van der Waals surface area contributed by atoms with Crippen LogP contribution in [0.5, 0.6) is 0 Å². The van der Waals surface area contributed by atoms with Crippen molar-refractivity contribution in [2.45, 2.75) is 91.9 Å². The highest BCUT2D eigenvalue weighted by Gasteiger charge is 2.14. The van der Waals surface area contributed by atoms with Crippen LogP contribution in [-0.2, 0) is 12.8 Å². The van der Waals surface area contributed by atoms with E-state index in [4.69, 9.17) is 0 Å². The van der Waals surface area contributed by atoms with Crippen molar-refractivity contribution < 1.29 is 0 Å². The summed E-state index contributed by atoms with van der Waals surface area (Å²) in [6.07, 6.45) is 13.3. The molecule has 0 aliphatic rings. The molecule has 0 radical (unpaired) electrons. The van der Waals surface area contributed by atoms with E-state index in [0.29, 0.717) is 0 Å². The lowest BCUT2D eigenvalue weighted by Crippen LogP contribution is -2.08. The van der Waals surface area contributed by atoms with Crippen molar-refractivity contribution in [3.8, 4) is 0 Å². The van der Waals surface area contributed by atoms with Gasteiger partial charge in [-0.1, -0.05) is 79.1 Å². The first kappa shape index (κ1) is 22.7. The Labute approximate surface area is 178 Å². The number of hydrogen-bond donors (Lipinski definition) is 0. The van der Waals surface area contributed by atoms with Crippen molar-refractivity contribution in [2.75, 3.05) is 0 Å². The lowest BCUT2D eigenvalue weighted by molar-refractivity contribution is 0.445. The first-order valence-corrected chi connectivity index (χ1v) is 12.2. The maximum absolute atomic E-state index is 2.57. The first-order valence-electron chi connectivity index (χ1n) is 10.0. The SMILES string of the molecule is CCCCC(CC)Cc1cc(I)c(CC(CC)CCCC)cc1I. The number of benzene rings is 1. The van der Waals surface area contributed by atoms with Crippen LogP contribution in [-0.4, -0.2) is 0 Å². The van der Waals surface area contributed by atoms with E-state index in [1.807, 2.05) is 0 Å². The fraction of sp³-hybridized carbons (Fsp3) is 0.727. The summed E-state index contributed by atoms with van der Waals surface area (Å²) in [6, 6.07) is 4.97. The summed E-state index contributed by atoms with van der Waals surface area (Å²) in [4.78, 5) is 0. The highest BCUT2D eigenvalue weighted by Crippen LogP contribution is 2.28. The van der Waals surface area contributed by atoms with Crippen LogP contribution in [0.25, 0.3) is 0 Å². The molecule has 0 amide bonds. The molecular formula is C22H36I2. The maximum Gasteiger partial charge on any atom is 0.0165 e. The highest BCUT2D eigenvalue weighted by molar-refractivity contribution is 14.1. The number of halogens is 2. The largest absolute Gasteiger partial charge is 0.0654 e. The van der Waals surface area contributed by atoms with E-state index in [1.165, 1.54) is 71.3 Å². The molecule has 0 nitrogen and oxygen atoms in total. The molecular weight excluding hydrogens is 518 g/mol. The Morgan fingerprint density at radius 1 is 0.708 bits per heavy atom. The highest BCUT2D eigenvalue weighted by atomic mass is 127. The Hall–Kier alpha value is 0.680. The zero-order chi connectivity index (χ0) is 17.9. The van der Waals surface area contributed by atoms with E-state index >= 15 is 0 Å². The quantitative estimate of drug-likeness (QED) is 0.228. The Morgan fingerprint density at radius 2 is 1.08 bits per heavy atom. The van der Waals surface area contributed by atoms with Crippen molar-refractivity contribution >= 4 is 45.2 Å². The van der Waals surface area contributed by atoms with Crippen LogP contribution in [0.2, 0.25) is 0 Å². The molecule has 1 rings (SSSR count). The van der Waals surface area contributed by atoms with Crippen LogP contribution in [0.1, 0.15) is 90.2 Å². The van der Waals surface area contributed by atoms with Crippen LogP contribution in [0.4, 0.5) is 0 Å². The van der Waals surface area contributed by atoms with Gasteiger partial charge in [0.2, 0.25) is 0 Å². The van der Waals surface area contributed by atoms with Crippen LogP contribution >= 0.6 is 45.2 Å². The molecule has 2 unspecified atom stereocenters. The predicted molar refractivity (Wildman–Crippen MR) is 126 cm³/mol. The minimum absolute atomic E-state index is 0.855. The monoisotopic (exact) mass is 554 g/mol. The third-order valence-corrected chi connectivity index (χ3v) is 7.33. The molecule has 0 aliphatic carbocycles. The number of unbranched alkanes of at least 4 members (excludes halogenated alkanes) is 2. The van der Waals surface area contributed by atoms with Gasteiger partial charge in [0.05, 0.1) is 0 Å². The minimum Gasteiger partial charge on any atom is -0.0654 e. The first-order chi connectivity index (χ1) is 11.5. The van der Waals surface area contributed by atoms with E-state index in [0.717, 1.165) is 11.8 Å². The molecule has 0 N–H and O–H groups in total. The van der Waals surface area contributed by atoms with Gasteiger partial charge < -0.3 is 0 Å². The lowest BCUT2D eigenvalue weighted by atomic mass is 9.89. The summed E-state index contributed by atoms with van der Waals surface area (Å²) in [5.74, 6) is 1.71. The Morgan fingerprint density at radius 3 is 1.38 bits per heavy atom. The van der Waals surface area contributed by atoms with Crippen molar-refractivity contribution in [1.82, 2.24) is 0 Å². The normalized spacial score (nSPS) is 13.9. The Kier molecular flexibility index (Phi) is 12.3. The van der Waals surface area contributed by atoms with Crippen LogP contribution < -0.4 is 0 Å². The molecule has 0 fully saturated rings. The summed E-state index contributed by atoms with van der Waals surface area (Å²) in [6.45, 7) is 9.31. The second-order valence-corrected chi connectivity index (χ2v) is 9.60. The van der Waals surface area contributed by atoms with Crippen LogP contribution in [0.15, 0.2) is 12.1 Å². The van der Waals surface area contributed by atoms with Gasteiger partial charge in [0.1, 0.15) is 0 Å². The Balaban J connectivity index is 2.80. The van der Waals surface area contributed by atoms with Crippen molar-refractivity contribution in [1.29, 1.82) is 0 Å². The maximum atomic E-state index is 2.57. The summed E-state index contributed by atoms with van der Waals surface area (Å²) < 4.78 is 2.98. The van der Waals surface area contributed by atoms with Gasteiger partial charge in [-0.2, -0.15) is 0 Å². The molecule has 138 valence electrons. The smallest absolute Gasteiger partial charge is 0.0165 e. The van der Waals surface area contributed by atoms with Gasteiger partial charge in [-0.3, -0.25) is 0 Å². The number of hydrogen-bond acceptors (Lipinski definition) is 0. The molecule has 0 heterocycles. The molecule has 1 aromatic rings. The van der Waals surface area contributed by atoms with Crippen LogP contribution in [0.3, 0.4) is 0 Å².